The van der Waals surface area contributed by atoms with E-state index in [9.17, 15) is 0 Å². The second-order valence-corrected chi connectivity index (χ2v) is 4.70. The van der Waals surface area contributed by atoms with E-state index in [0.717, 1.165) is 34.8 Å². The smallest absolute Gasteiger partial charge is 0.180 e. The highest BCUT2D eigenvalue weighted by Gasteiger charge is 2.17. The molecule has 4 nitrogen and oxygen atoms in total. The number of halogens is 1. The number of fused-ring (bicyclic) bond motifs is 1. The zero-order valence-electron chi connectivity index (χ0n) is 8.20. The summed E-state index contributed by atoms with van der Waals surface area (Å²) in [6.45, 7) is 1.04. The molecule has 0 aromatic carbocycles. The quantitative estimate of drug-likeness (QED) is 0.862. The van der Waals surface area contributed by atoms with Crippen molar-refractivity contribution < 1.29 is 0 Å². The molecule has 78 valence electrons. The number of aromatic nitrogens is 4. The van der Waals surface area contributed by atoms with Crippen LogP contribution in [0.25, 0.3) is 11.5 Å². The van der Waals surface area contributed by atoms with Gasteiger partial charge in [-0.1, -0.05) is 0 Å². The van der Waals surface area contributed by atoms with Crippen LogP contribution in [0, 0.1) is 0 Å². The van der Waals surface area contributed by atoms with Gasteiger partial charge >= 0.3 is 0 Å². The van der Waals surface area contributed by atoms with Crippen molar-refractivity contribution in [3.05, 3.63) is 22.6 Å². The molecule has 1 N–H and O–H groups in total. The first-order valence-corrected chi connectivity index (χ1v) is 5.90. The predicted octanol–water partition coefficient (Wildman–Crippen LogP) is 2.37. The van der Waals surface area contributed by atoms with Gasteiger partial charge in [-0.3, -0.25) is 0 Å². The number of nitrogens with one attached hydrogen (secondary N) is 1. The minimum Gasteiger partial charge on any atom is -0.358 e. The van der Waals surface area contributed by atoms with E-state index in [1.165, 1.54) is 12.8 Å². The fourth-order valence-electron chi connectivity index (χ4n) is 2.00. The molecule has 0 radical (unpaired) electrons. The molecule has 2 aromatic rings. The second kappa shape index (κ2) is 3.48. The van der Waals surface area contributed by atoms with E-state index in [4.69, 9.17) is 0 Å². The number of aromatic amines is 1. The monoisotopic (exact) mass is 266 g/mol. The molecule has 0 saturated carbocycles. The molecule has 0 fully saturated rings. The summed E-state index contributed by atoms with van der Waals surface area (Å²) in [6, 6.07) is 2.03. The van der Waals surface area contributed by atoms with Crippen molar-refractivity contribution in [1.82, 2.24) is 19.7 Å². The maximum Gasteiger partial charge on any atom is 0.180 e. The molecule has 0 spiro atoms. The number of hydrogen-bond donors (Lipinski definition) is 1. The molecule has 0 saturated heterocycles. The largest absolute Gasteiger partial charge is 0.358 e. The Morgan fingerprint density at radius 3 is 3.07 bits per heavy atom. The third kappa shape index (κ3) is 1.51. The Hall–Kier alpha value is -1.10. The Balaban J connectivity index is 2.08. The highest BCUT2D eigenvalue weighted by Crippen LogP contribution is 2.24. The average molecular weight is 267 g/mol. The molecule has 2 aromatic heterocycles. The lowest BCUT2D eigenvalue weighted by molar-refractivity contribution is 0.525. The van der Waals surface area contributed by atoms with Crippen LogP contribution in [-0.2, 0) is 13.0 Å². The normalized spacial score (nSPS) is 15.3. The van der Waals surface area contributed by atoms with Crippen LogP contribution in [0.2, 0.25) is 0 Å². The zero-order chi connectivity index (χ0) is 10.3. The van der Waals surface area contributed by atoms with E-state index < -0.39 is 0 Å². The third-order valence-corrected chi connectivity index (χ3v) is 3.21. The molecule has 1 aliphatic heterocycles. The number of H-pyrrole nitrogens is 1. The van der Waals surface area contributed by atoms with Gasteiger partial charge in [0.2, 0.25) is 0 Å². The molecule has 5 heteroatoms. The lowest BCUT2D eigenvalue weighted by atomic mass is 10.1. The molecule has 0 amide bonds. The fraction of sp³-hybridized carbons (Fsp3) is 0.400. The Bertz CT molecular complexity index is 485. The van der Waals surface area contributed by atoms with Crippen LogP contribution >= 0.6 is 15.9 Å². The second-order valence-electron chi connectivity index (χ2n) is 3.78. The van der Waals surface area contributed by atoms with Gasteiger partial charge in [-0.2, -0.15) is 0 Å². The van der Waals surface area contributed by atoms with Gasteiger partial charge in [-0.05, 0) is 34.8 Å². The lowest BCUT2D eigenvalue weighted by Crippen LogP contribution is -2.11. The van der Waals surface area contributed by atoms with E-state index in [1.54, 1.807) is 0 Å². The minimum atomic E-state index is 0.954. The summed E-state index contributed by atoms with van der Waals surface area (Å²) in [7, 11) is 0. The van der Waals surface area contributed by atoms with Crippen LogP contribution in [-0.4, -0.2) is 19.7 Å². The first kappa shape index (κ1) is 9.15. The number of aryl methyl sites for hydroxylation is 1. The Morgan fingerprint density at radius 2 is 2.27 bits per heavy atom. The first-order chi connectivity index (χ1) is 7.34. The zero-order valence-corrected chi connectivity index (χ0v) is 9.79. The number of hydrogen-bond acceptors (Lipinski definition) is 2. The van der Waals surface area contributed by atoms with Crippen LogP contribution in [0.4, 0.5) is 0 Å². The molecular formula is C10H11BrN4. The fourth-order valence-corrected chi connectivity index (χ4v) is 2.35. The Morgan fingerprint density at radius 1 is 1.33 bits per heavy atom. The van der Waals surface area contributed by atoms with E-state index in [1.807, 2.05) is 12.3 Å². The van der Waals surface area contributed by atoms with Crippen molar-refractivity contribution >= 4 is 15.9 Å². The maximum atomic E-state index is 4.24. The number of rotatable bonds is 1. The van der Waals surface area contributed by atoms with Crippen molar-refractivity contribution in [2.45, 2.75) is 25.8 Å². The van der Waals surface area contributed by atoms with E-state index in [0.29, 0.717) is 0 Å². The van der Waals surface area contributed by atoms with Gasteiger partial charge in [0.1, 0.15) is 5.82 Å². The van der Waals surface area contributed by atoms with Crippen LogP contribution in [0.3, 0.4) is 0 Å². The van der Waals surface area contributed by atoms with Crippen LogP contribution in [0.5, 0.6) is 0 Å². The molecule has 3 heterocycles. The molecule has 0 aliphatic carbocycles. The van der Waals surface area contributed by atoms with Crippen molar-refractivity contribution in [1.29, 1.82) is 0 Å². The first-order valence-electron chi connectivity index (χ1n) is 5.11. The minimum absolute atomic E-state index is 0.954. The lowest BCUT2D eigenvalue weighted by Gasteiger charge is -2.13. The standard InChI is InChI=1S/C10H11BrN4/c11-7-5-8(12-6-7)10-14-13-9-3-1-2-4-15(9)10/h5-6,12H,1-4H2. The van der Waals surface area contributed by atoms with Crippen LogP contribution in [0.1, 0.15) is 18.7 Å². The summed E-state index contributed by atoms with van der Waals surface area (Å²) in [5.41, 5.74) is 1.03. The Labute approximate surface area is 95.8 Å². The van der Waals surface area contributed by atoms with Gasteiger partial charge in [-0.25, -0.2) is 0 Å². The van der Waals surface area contributed by atoms with E-state index in [2.05, 4.69) is 35.7 Å². The molecule has 0 bridgehead atoms. The van der Waals surface area contributed by atoms with Crippen molar-refractivity contribution in [3.8, 4) is 11.5 Å². The van der Waals surface area contributed by atoms with Crippen molar-refractivity contribution in [2.75, 3.05) is 0 Å². The topological polar surface area (TPSA) is 46.5 Å². The molecule has 0 atom stereocenters. The van der Waals surface area contributed by atoms with Gasteiger partial charge in [0.25, 0.3) is 0 Å². The summed E-state index contributed by atoms with van der Waals surface area (Å²) >= 11 is 3.43. The van der Waals surface area contributed by atoms with Gasteiger partial charge in [0.05, 0.1) is 5.69 Å². The van der Waals surface area contributed by atoms with Crippen molar-refractivity contribution in [2.24, 2.45) is 0 Å². The van der Waals surface area contributed by atoms with Gasteiger partial charge < -0.3 is 9.55 Å². The average Bonchev–Trinajstić information content (AvgIpc) is 2.83. The highest BCUT2D eigenvalue weighted by molar-refractivity contribution is 9.10. The third-order valence-electron chi connectivity index (χ3n) is 2.75. The summed E-state index contributed by atoms with van der Waals surface area (Å²) in [6.07, 6.45) is 5.42. The molecule has 0 unspecified atom stereocenters. The summed E-state index contributed by atoms with van der Waals surface area (Å²) in [5.74, 6) is 2.07. The molecule has 3 rings (SSSR count). The molecular weight excluding hydrogens is 256 g/mol. The summed E-state index contributed by atoms with van der Waals surface area (Å²) in [4.78, 5) is 3.19. The molecule has 15 heavy (non-hydrogen) atoms. The van der Waals surface area contributed by atoms with Gasteiger partial charge in [0.15, 0.2) is 5.82 Å². The summed E-state index contributed by atoms with van der Waals surface area (Å²) in [5, 5.41) is 8.46. The van der Waals surface area contributed by atoms with Gasteiger partial charge in [-0.15, -0.1) is 10.2 Å². The van der Waals surface area contributed by atoms with E-state index >= 15 is 0 Å². The summed E-state index contributed by atoms with van der Waals surface area (Å²) < 4.78 is 3.26. The van der Waals surface area contributed by atoms with Crippen LogP contribution < -0.4 is 0 Å². The Kier molecular flexibility index (Phi) is 2.12. The SMILES string of the molecule is Brc1c[nH]c(-c2nnc3n2CCCC3)c1. The van der Waals surface area contributed by atoms with Crippen LogP contribution in [0.15, 0.2) is 16.7 Å². The predicted molar refractivity (Wildman–Crippen MR) is 60.4 cm³/mol. The highest BCUT2D eigenvalue weighted by atomic mass is 79.9. The maximum absolute atomic E-state index is 4.24. The van der Waals surface area contributed by atoms with Gasteiger partial charge in [0, 0.05) is 23.6 Å². The number of nitrogens with zero attached hydrogens (tertiary/aromatic N) is 3. The molecule has 1 aliphatic rings. The van der Waals surface area contributed by atoms with Crippen molar-refractivity contribution in [3.63, 3.8) is 0 Å². The van der Waals surface area contributed by atoms with E-state index in [-0.39, 0.29) is 0 Å².